The van der Waals surface area contributed by atoms with Gasteiger partial charge < -0.3 is 0 Å². The average Bonchev–Trinajstić information content (AvgIpc) is 2.99. The molecule has 3 fully saturated rings. The maximum absolute atomic E-state index is 11.9. The second-order valence-electron chi connectivity index (χ2n) is 11.2. The van der Waals surface area contributed by atoms with Crippen LogP contribution in [0, 0.1) is 46.3 Å². The van der Waals surface area contributed by atoms with Gasteiger partial charge in [0.05, 0.1) is 0 Å². The smallest absolute Gasteiger partial charge is 0.178 e. The van der Waals surface area contributed by atoms with Crippen LogP contribution in [0.25, 0.3) is 0 Å². The summed E-state index contributed by atoms with van der Waals surface area (Å²) >= 11 is 0. The fraction of sp³-hybridized carbons (Fsp3) is 0.741. The SMILES string of the molecule is CC(C)C/C=C/C(C)C1CCC2[C@@H]3CCC4=CC(=O)C=C[C@]4(C)C3CC[C@]12C. The van der Waals surface area contributed by atoms with E-state index in [1.807, 2.05) is 12.2 Å². The Morgan fingerprint density at radius 3 is 2.64 bits per heavy atom. The first-order valence-corrected chi connectivity index (χ1v) is 11.9. The number of ketones is 1. The van der Waals surface area contributed by atoms with Gasteiger partial charge in [-0.05, 0) is 98.0 Å². The monoisotopic (exact) mass is 380 g/mol. The normalized spacial score (nSPS) is 43.6. The van der Waals surface area contributed by atoms with Crippen LogP contribution in [-0.2, 0) is 4.79 Å². The first kappa shape index (κ1) is 20.2. The Hall–Kier alpha value is -1.11. The molecule has 0 saturated heterocycles. The molecule has 0 spiro atoms. The van der Waals surface area contributed by atoms with E-state index in [1.54, 1.807) is 0 Å². The summed E-state index contributed by atoms with van der Waals surface area (Å²) in [5.41, 5.74) is 2.07. The first-order valence-electron chi connectivity index (χ1n) is 11.9. The molecule has 0 heterocycles. The Bertz CT molecular complexity index is 710. The summed E-state index contributed by atoms with van der Waals surface area (Å²) in [5, 5.41) is 0. The van der Waals surface area contributed by atoms with E-state index >= 15 is 0 Å². The van der Waals surface area contributed by atoms with Crippen molar-refractivity contribution in [1.29, 1.82) is 0 Å². The number of hydrogen-bond acceptors (Lipinski definition) is 1. The lowest BCUT2D eigenvalue weighted by Gasteiger charge is -2.57. The zero-order valence-corrected chi connectivity index (χ0v) is 18.7. The largest absolute Gasteiger partial charge is 0.290 e. The van der Waals surface area contributed by atoms with Crippen LogP contribution in [0.15, 0.2) is 36.0 Å². The summed E-state index contributed by atoms with van der Waals surface area (Å²) in [7, 11) is 0. The van der Waals surface area contributed by atoms with Crippen LogP contribution in [0.3, 0.4) is 0 Å². The quantitative estimate of drug-likeness (QED) is 0.473. The Morgan fingerprint density at radius 1 is 1.11 bits per heavy atom. The van der Waals surface area contributed by atoms with Gasteiger partial charge in [0.25, 0.3) is 0 Å². The van der Waals surface area contributed by atoms with Gasteiger partial charge >= 0.3 is 0 Å². The molecule has 0 amide bonds. The van der Waals surface area contributed by atoms with Crippen LogP contribution >= 0.6 is 0 Å². The van der Waals surface area contributed by atoms with Crippen LogP contribution in [0.5, 0.6) is 0 Å². The van der Waals surface area contributed by atoms with Gasteiger partial charge in [-0.2, -0.15) is 0 Å². The van der Waals surface area contributed by atoms with Crippen molar-refractivity contribution in [1.82, 2.24) is 0 Å². The maximum atomic E-state index is 11.9. The van der Waals surface area contributed by atoms with E-state index in [0.29, 0.717) is 11.3 Å². The van der Waals surface area contributed by atoms with Crippen LogP contribution in [0.2, 0.25) is 0 Å². The second-order valence-corrected chi connectivity index (χ2v) is 11.2. The van der Waals surface area contributed by atoms with Crippen molar-refractivity contribution in [2.45, 2.75) is 79.6 Å². The molecule has 0 N–H and O–H groups in total. The molecule has 3 saturated carbocycles. The summed E-state index contributed by atoms with van der Waals surface area (Å²) < 4.78 is 0. The molecular formula is C27H40O. The number of carbonyl (C=O) groups is 1. The molecule has 4 rings (SSSR count). The standard InChI is InChI=1S/C27H40O/c1-18(2)7-6-8-19(3)23-11-12-24-22-10-9-20-17-21(28)13-15-26(20,4)25(22)14-16-27(23,24)5/h6,8,13,15,17-19,22-25H,7,9-12,14,16H2,1-5H3/b8-6+/t19?,22-,23?,24?,25?,26-,27+/m0/s1. The molecule has 4 unspecified atom stereocenters. The molecule has 0 aliphatic heterocycles. The number of carbonyl (C=O) groups excluding carboxylic acids is 1. The zero-order valence-electron chi connectivity index (χ0n) is 18.7. The molecule has 0 aromatic carbocycles. The molecular weight excluding hydrogens is 340 g/mol. The number of hydrogen-bond donors (Lipinski definition) is 0. The third-order valence-corrected chi connectivity index (χ3v) is 9.31. The topological polar surface area (TPSA) is 17.1 Å². The Kier molecular flexibility index (Phi) is 5.26. The first-order chi connectivity index (χ1) is 13.3. The maximum Gasteiger partial charge on any atom is 0.178 e. The van der Waals surface area contributed by atoms with Crippen LogP contribution in [0.1, 0.15) is 79.6 Å². The van der Waals surface area contributed by atoms with Gasteiger partial charge in [-0.25, -0.2) is 0 Å². The highest BCUT2D eigenvalue weighted by Crippen LogP contribution is 2.66. The summed E-state index contributed by atoms with van der Waals surface area (Å²) in [6.07, 6.45) is 20.2. The van der Waals surface area contributed by atoms with Gasteiger partial charge in [-0.3, -0.25) is 4.79 Å². The Labute approximate surface area is 172 Å². The third kappa shape index (κ3) is 3.17. The fourth-order valence-corrected chi connectivity index (χ4v) is 7.80. The number of rotatable bonds is 4. The fourth-order valence-electron chi connectivity index (χ4n) is 7.80. The van der Waals surface area contributed by atoms with Crippen LogP contribution < -0.4 is 0 Å². The Balaban J connectivity index is 1.54. The molecule has 0 aromatic heterocycles. The summed E-state index contributed by atoms with van der Waals surface area (Å²) in [5.74, 6) is 4.96. The van der Waals surface area contributed by atoms with Crippen molar-refractivity contribution in [3.05, 3.63) is 36.0 Å². The van der Waals surface area contributed by atoms with E-state index in [1.165, 1.54) is 44.1 Å². The third-order valence-electron chi connectivity index (χ3n) is 9.31. The summed E-state index contributed by atoms with van der Waals surface area (Å²) in [4.78, 5) is 11.9. The van der Waals surface area contributed by atoms with Gasteiger partial charge in [0.1, 0.15) is 0 Å². The zero-order chi connectivity index (χ0) is 20.1. The minimum atomic E-state index is 0.138. The Morgan fingerprint density at radius 2 is 1.89 bits per heavy atom. The number of fused-ring (bicyclic) bond motifs is 5. The van der Waals surface area contributed by atoms with E-state index in [-0.39, 0.29) is 11.2 Å². The summed E-state index contributed by atoms with van der Waals surface area (Å²) in [6, 6.07) is 0. The van der Waals surface area contributed by atoms with Crippen molar-refractivity contribution in [2.75, 3.05) is 0 Å². The van der Waals surface area contributed by atoms with Crippen molar-refractivity contribution < 1.29 is 4.79 Å². The van der Waals surface area contributed by atoms with Gasteiger partial charge in [0.2, 0.25) is 0 Å². The van der Waals surface area contributed by atoms with Gasteiger partial charge in [0.15, 0.2) is 5.78 Å². The molecule has 1 nitrogen and oxygen atoms in total. The van der Waals surface area contributed by atoms with Gasteiger partial charge in [-0.1, -0.05) is 58.4 Å². The number of allylic oxidation sites excluding steroid dienone is 6. The molecule has 7 atom stereocenters. The summed E-state index contributed by atoms with van der Waals surface area (Å²) in [6.45, 7) is 12.1. The van der Waals surface area contributed by atoms with Gasteiger partial charge in [0, 0.05) is 5.41 Å². The predicted molar refractivity (Wildman–Crippen MR) is 118 cm³/mol. The van der Waals surface area contributed by atoms with E-state index in [2.05, 4.69) is 52.8 Å². The van der Waals surface area contributed by atoms with E-state index in [4.69, 9.17) is 0 Å². The van der Waals surface area contributed by atoms with E-state index < -0.39 is 0 Å². The van der Waals surface area contributed by atoms with E-state index in [9.17, 15) is 4.79 Å². The average molecular weight is 381 g/mol. The van der Waals surface area contributed by atoms with Crippen LogP contribution in [-0.4, -0.2) is 5.78 Å². The van der Waals surface area contributed by atoms with Crippen molar-refractivity contribution in [3.8, 4) is 0 Å². The van der Waals surface area contributed by atoms with Crippen molar-refractivity contribution in [2.24, 2.45) is 46.3 Å². The van der Waals surface area contributed by atoms with Crippen molar-refractivity contribution in [3.63, 3.8) is 0 Å². The minimum Gasteiger partial charge on any atom is -0.290 e. The molecule has 4 aliphatic carbocycles. The van der Waals surface area contributed by atoms with Crippen molar-refractivity contribution >= 4 is 5.78 Å². The van der Waals surface area contributed by atoms with E-state index in [0.717, 1.165) is 36.0 Å². The molecule has 0 aromatic rings. The lowest BCUT2D eigenvalue weighted by atomic mass is 9.47. The lowest BCUT2D eigenvalue weighted by molar-refractivity contribution is -0.111. The van der Waals surface area contributed by atoms with Crippen LogP contribution in [0.4, 0.5) is 0 Å². The second kappa shape index (κ2) is 7.29. The highest BCUT2D eigenvalue weighted by atomic mass is 16.1. The lowest BCUT2D eigenvalue weighted by Crippen LogP contribution is -2.50. The molecule has 1 heteroatoms. The minimum absolute atomic E-state index is 0.138. The molecule has 0 radical (unpaired) electrons. The molecule has 0 bridgehead atoms. The highest BCUT2D eigenvalue weighted by Gasteiger charge is 2.58. The molecule has 4 aliphatic rings. The molecule has 28 heavy (non-hydrogen) atoms. The highest BCUT2D eigenvalue weighted by molar-refractivity contribution is 6.01. The molecule has 154 valence electrons. The van der Waals surface area contributed by atoms with Gasteiger partial charge in [-0.15, -0.1) is 0 Å². The predicted octanol–water partition coefficient (Wildman–Crippen LogP) is 7.15.